The zero-order chi connectivity index (χ0) is 17.4. The molecule has 24 heavy (non-hydrogen) atoms. The standard InChI is InChI=1S/C15H10Br4FN3O/c16-10-11(17)13(19)15-14(12(10)18)21-23(22-15)6-5-9(24)7-1-3-8(20)4-2-7/h1-4,9,24H,5-6H2. The Morgan fingerprint density at radius 1 is 0.917 bits per heavy atom. The first kappa shape index (κ1) is 18.4. The summed E-state index contributed by atoms with van der Waals surface area (Å²) in [7, 11) is 0. The van der Waals surface area contributed by atoms with Gasteiger partial charge in [-0.3, -0.25) is 0 Å². The van der Waals surface area contributed by atoms with Gasteiger partial charge >= 0.3 is 0 Å². The lowest BCUT2D eigenvalue weighted by Crippen LogP contribution is -2.07. The highest BCUT2D eigenvalue weighted by molar-refractivity contribution is 9.15. The Morgan fingerprint density at radius 2 is 1.42 bits per heavy atom. The lowest BCUT2D eigenvalue weighted by Gasteiger charge is -2.10. The van der Waals surface area contributed by atoms with E-state index in [0.717, 1.165) is 17.9 Å². The van der Waals surface area contributed by atoms with Crippen LogP contribution in [0.5, 0.6) is 0 Å². The topological polar surface area (TPSA) is 50.9 Å². The molecule has 0 aliphatic rings. The quantitative estimate of drug-likeness (QED) is 0.313. The molecule has 1 heterocycles. The third-order valence-corrected chi connectivity index (χ3v) is 8.23. The van der Waals surface area contributed by atoms with Crippen LogP contribution >= 0.6 is 63.7 Å². The van der Waals surface area contributed by atoms with Gasteiger partial charge in [0, 0.05) is 8.95 Å². The van der Waals surface area contributed by atoms with Crippen LogP contribution in [0.3, 0.4) is 0 Å². The smallest absolute Gasteiger partial charge is 0.129 e. The van der Waals surface area contributed by atoms with Gasteiger partial charge in [0.1, 0.15) is 16.9 Å². The molecule has 0 aliphatic carbocycles. The summed E-state index contributed by atoms with van der Waals surface area (Å²) in [5.74, 6) is -0.322. The Hall–Kier alpha value is -0.350. The van der Waals surface area contributed by atoms with Gasteiger partial charge in [-0.1, -0.05) is 12.1 Å². The van der Waals surface area contributed by atoms with Gasteiger partial charge in [0.25, 0.3) is 0 Å². The molecule has 0 amide bonds. The van der Waals surface area contributed by atoms with Crippen LogP contribution in [-0.4, -0.2) is 20.1 Å². The summed E-state index contributed by atoms with van der Waals surface area (Å²) in [5, 5.41) is 19.1. The maximum Gasteiger partial charge on any atom is 0.129 e. The van der Waals surface area contributed by atoms with Gasteiger partial charge in [0.05, 0.1) is 21.6 Å². The minimum atomic E-state index is -0.704. The number of benzene rings is 2. The van der Waals surface area contributed by atoms with Gasteiger partial charge in [0.2, 0.25) is 0 Å². The Morgan fingerprint density at radius 3 is 1.92 bits per heavy atom. The fourth-order valence-electron chi connectivity index (χ4n) is 2.23. The van der Waals surface area contributed by atoms with E-state index >= 15 is 0 Å². The van der Waals surface area contributed by atoms with E-state index in [-0.39, 0.29) is 5.82 Å². The number of aliphatic hydroxyl groups is 1. The molecular formula is C15H10Br4FN3O. The number of halogens is 5. The number of hydrogen-bond acceptors (Lipinski definition) is 3. The summed E-state index contributed by atoms with van der Waals surface area (Å²) in [6.45, 7) is 0.432. The van der Waals surface area contributed by atoms with Gasteiger partial charge in [0.15, 0.2) is 0 Å². The summed E-state index contributed by atoms with van der Waals surface area (Å²) in [6.07, 6.45) is -0.283. The maximum atomic E-state index is 12.9. The van der Waals surface area contributed by atoms with Crippen molar-refractivity contribution in [2.75, 3.05) is 0 Å². The summed E-state index contributed by atoms with van der Waals surface area (Å²) in [5.41, 5.74) is 2.10. The lowest BCUT2D eigenvalue weighted by atomic mass is 10.1. The Labute approximate surface area is 170 Å². The predicted molar refractivity (Wildman–Crippen MR) is 104 cm³/mol. The number of rotatable bonds is 4. The molecule has 2 aromatic carbocycles. The van der Waals surface area contributed by atoms with E-state index in [0.29, 0.717) is 29.6 Å². The molecule has 3 aromatic rings. The fraction of sp³-hybridized carbons (Fsp3) is 0.200. The van der Waals surface area contributed by atoms with E-state index in [1.165, 1.54) is 12.1 Å². The zero-order valence-electron chi connectivity index (χ0n) is 12.0. The van der Waals surface area contributed by atoms with Crippen molar-refractivity contribution in [1.29, 1.82) is 0 Å². The average molecular weight is 587 g/mol. The summed E-state index contributed by atoms with van der Waals surface area (Å²) in [4.78, 5) is 1.55. The van der Waals surface area contributed by atoms with Crippen molar-refractivity contribution in [3.05, 3.63) is 53.5 Å². The maximum absolute atomic E-state index is 12.9. The van der Waals surface area contributed by atoms with Gasteiger partial charge in [-0.05, 0) is 87.8 Å². The van der Waals surface area contributed by atoms with Crippen LogP contribution in [-0.2, 0) is 6.54 Å². The SMILES string of the molecule is OC(CCn1nc2c(Br)c(Br)c(Br)c(Br)c2n1)c1ccc(F)cc1. The predicted octanol–water partition coefficient (Wildman–Crippen LogP) is 5.74. The van der Waals surface area contributed by atoms with Crippen molar-refractivity contribution in [3.63, 3.8) is 0 Å². The molecule has 0 fully saturated rings. The highest BCUT2D eigenvalue weighted by Gasteiger charge is 2.18. The summed E-state index contributed by atoms with van der Waals surface area (Å²) in [6, 6.07) is 5.83. The largest absolute Gasteiger partial charge is 0.388 e. The number of aliphatic hydroxyl groups excluding tert-OH is 1. The third-order valence-electron chi connectivity index (χ3n) is 3.51. The average Bonchev–Trinajstić information content (AvgIpc) is 3.01. The second-order valence-electron chi connectivity index (χ2n) is 5.11. The van der Waals surface area contributed by atoms with Crippen LogP contribution in [0.2, 0.25) is 0 Å². The second kappa shape index (κ2) is 7.49. The summed E-state index contributed by atoms with van der Waals surface area (Å²) >= 11 is 14.0. The van der Waals surface area contributed by atoms with Crippen molar-refractivity contribution in [3.8, 4) is 0 Å². The Balaban J connectivity index is 1.82. The zero-order valence-corrected chi connectivity index (χ0v) is 18.3. The van der Waals surface area contributed by atoms with E-state index in [4.69, 9.17) is 0 Å². The van der Waals surface area contributed by atoms with E-state index < -0.39 is 6.10 Å². The first-order valence-electron chi connectivity index (χ1n) is 6.88. The molecule has 1 N–H and O–H groups in total. The molecule has 3 rings (SSSR count). The normalized spacial score (nSPS) is 12.8. The van der Waals surface area contributed by atoms with Crippen molar-refractivity contribution in [1.82, 2.24) is 15.0 Å². The van der Waals surface area contributed by atoms with Crippen LogP contribution < -0.4 is 0 Å². The van der Waals surface area contributed by atoms with Gasteiger partial charge in [-0.2, -0.15) is 15.0 Å². The first-order chi connectivity index (χ1) is 11.4. The molecule has 0 saturated carbocycles. The molecule has 1 unspecified atom stereocenters. The van der Waals surface area contributed by atoms with Gasteiger partial charge in [-0.15, -0.1) is 0 Å². The minimum Gasteiger partial charge on any atom is -0.388 e. The molecule has 1 atom stereocenters. The van der Waals surface area contributed by atoms with E-state index in [1.54, 1.807) is 16.9 Å². The minimum absolute atomic E-state index is 0.322. The van der Waals surface area contributed by atoms with Crippen LogP contribution in [0, 0.1) is 5.82 Å². The number of hydrogen-bond donors (Lipinski definition) is 1. The third kappa shape index (κ3) is 3.60. The molecule has 4 nitrogen and oxygen atoms in total. The Kier molecular flexibility index (Phi) is 5.75. The molecular weight excluding hydrogens is 577 g/mol. The Bertz CT molecular complexity index is 853. The number of fused-ring (bicyclic) bond motifs is 1. The highest BCUT2D eigenvalue weighted by Crippen LogP contribution is 2.42. The number of nitrogens with zero attached hydrogens (tertiary/aromatic N) is 3. The van der Waals surface area contributed by atoms with Crippen LogP contribution in [0.1, 0.15) is 18.1 Å². The van der Waals surface area contributed by atoms with E-state index in [9.17, 15) is 9.50 Å². The van der Waals surface area contributed by atoms with Crippen LogP contribution in [0.25, 0.3) is 11.0 Å². The van der Waals surface area contributed by atoms with Crippen LogP contribution in [0.15, 0.2) is 42.2 Å². The van der Waals surface area contributed by atoms with Crippen molar-refractivity contribution >= 4 is 74.8 Å². The number of aryl methyl sites for hydroxylation is 1. The van der Waals surface area contributed by atoms with Crippen molar-refractivity contribution < 1.29 is 9.50 Å². The van der Waals surface area contributed by atoms with Gasteiger partial charge < -0.3 is 5.11 Å². The molecule has 0 saturated heterocycles. The molecule has 0 spiro atoms. The lowest BCUT2D eigenvalue weighted by molar-refractivity contribution is 0.157. The first-order valence-corrected chi connectivity index (χ1v) is 10.1. The molecule has 0 aliphatic heterocycles. The molecule has 0 radical (unpaired) electrons. The summed E-state index contributed by atoms with van der Waals surface area (Å²) < 4.78 is 16.2. The van der Waals surface area contributed by atoms with E-state index in [1.807, 2.05) is 0 Å². The number of aromatic nitrogens is 3. The highest BCUT2D eigenvalue weighted by atomic mass is 79.9. The van der Waals surface area contributed by atoms with Crippen molar-refractivity contribution in [2.45, 2.75) is 19.1 Å². The molecule has 126 valence electrons. The van der Waals surface area contributed by atoms with E-state index in [2.05, 4.69) is 73.9 Å². The van der Waals surface area contributed by atoms with Gasteiger partial charge in [-0.25, -0.2) is 4.39 Å². The molecule has 9 heteroatoms. The van der Waals surface area contributed by atoms with Crippen LogP contribution in [0.4, 0.5) is 4.39 Å². The monoisotopic (exact) mass is 583 g/mol. The second-order valence-corrected chi connectivity index (χ2v) is 8.28. The van der Waals surface area contributed by atoms with Crippen molar-refractivity contribution in [2.24, 2.45) is 0 Å². The molecule has 0 bridgehead atoms. The molecule has 1 aromatic heterocycles. The fourth-order valence-corrected chi connectivity index (χ4v) is 4.47.